The van der Waals surface area contributed by atoms with Crippen molar-refractivity contribution in [3.63, 3.8) is 0 Å². The fraction of sp³-hybridized carbons (Fsp3) is 0.491. The summed E-state index contributed by atoms with van der Waals surface area (Å²) in [5.74, 6) is 1.25. The van der Waals surface area contributed by atoms with Crippen molar-refractivity contribution < 1.29 is 29.3 Å². The van der Waals surface area contributed by atoms with E-state index in [1.807, 2.05) is 18.2 Å². The van der Waals surface area contributed by atoms with E-state index in [-0.39, 0.29) is 53.9 Å². The molecule has 3 aromatic carbocycles. The summed E-state index contributed by atoms with van der Waals surface area (Å²) < 4.78 is 12.9. The lowest BCUT2D eigenvalue weighted by atomic mass is 9.44. The number of hydrogen-bond acceptors (Lipinski definition) is 8. The average Bonchev–Trinajstić information content (AvgIpc) is 3.81. The molecule has 6 unspecified atom stereocenters. The van der Waals surface area contributed by atoms with Gasteiger partial charge in [-0.25, -0.2) is 9.59 Å². The van der Waals surface area contributed by atoms with Gasteiger partial charge in [-0.05, 0) is 177 Å². The van der Waals surface area contributed by atoms with Gasteiger partial charge in [-0.3, -0.25) is 0 Å². The summed E-state index contributed by atoms with van der Waals surface area (Å²) in [4.78, 5) is 29.5. The minimum absolute atomic E-state index is 0.0182. The molecule has 330 valence electrons. The zero-order chi connectivity index (χ0) is 43.1. The van der Waals surface area contributed by atoms with Crippen LogP contribution in [0, 0.1) is 40.9 Å². The van der Waals surface area contributed by atoms with E-state index < -0.39 is 5.41 Å². The molecule has 8 aliphatic rings. The number of allylic oxidation sites excluding steroid dienone is 5. The van der Waals surface area contributed by atoms with Gasteiger partial charge < -0.3 is 30.3 Å². The predicted octanol–water partition coefficient (Wildman–Crippen LogP) is 10.1. The van der Waals surface area contributed by atoms with Gasteiger partial charge in [-0.1, -0.05) is 80.8 Å². The zero-order valence-corrected chi connectivity index (χ0v) is 36.9. The standard InChI is InChI=1S/C55H64N2O6/c1-2-34(28-35-10-5-3-6-11-35)30-48-55-25-22-43(44-19-20-45-47(62-53(60)50(45)51(44)55)21-16-39(33-58)37-23-26-56-27-24-37)49(52(55)54(61)63-48)46-31-41(59)17-18-42(46)38-13-9-12-36(29-38)32-57-40-14-7-4-8-15-40/h3,5-6,9-13,17-18,21,29-31,34,37,39-40,43-44,51,56-59H,2,4,7-8,14-16,19-20,22-28,32-33H2,1H3. The Labute approximate surface area is 372 Å². The Morgan fingerprint density at radius 2 is 1.67 bits per heavy atom. The van der Waals surface area contributed by atoms with Gasteiger partial charge in [0.15, 0.2) is 0 Å². The highest BCUT2D eigenvalue weighted by atomic mass is 16.5. The molecule has 1 spiro atoms. The van der Waals surface area contributed by atoms with Gasteiger partial charge in [0, 0.05) is 36.3 Å². The number of carbonyl (C=O) groups is 2. The van der Waals surface area contributed by atoms with Gasteiger partial charge in [0.25, 0.3) is 0 Å². The second-order valence-corrected chi connectivity index (χ2v) is 19.6. The average molecular weight is 849 g/mol. The minimum Gasteiger partial charge on any atom is -0.508 e. The van der Waals surface area contributed by atoms with E-state index in [2.05, 4.69) is 78.2 Å². The number of nitrogens with one attached hydrogen (secondary N) is 2. The number of rotatable bonds is 13. The van der Waals surface area contributed by atoms with Crippen LogP contribution in [0.4, 0.5) is 0 Å². The number of hydrogen-bond donors (Lipinski definition) is 4. The van der Waals surface area contributed by atoms with Crippen LogP contribution >= 0.6 is 0 Å². The van der Waals surface area contributed by atoms with Crippen molar-refractivity contribution in [3.05, 3.63) is 130 Å². The van der Waals surface area contributed by atoms with Crippen LogP contribution < -0.4 is 10.6 Å². The molecule has 0 radical (unpaired) electrons. The van der Waals surface area contributed by atoms with Crippen molar-refractivity contribution in [2.45, 2.75) is 109 Å². The van der Waals surface area contributed by atoms with E-state index in [4.69, 9.17) is 9.47 Å². The van der Waals surface area contributed by atoms with Gasteiger partial charge in [-0.2, -0.15) is 0 Å². The molecule has 3 aromatic rings. The summed E-state index contributed by atoms with van der Waals surface area (Å²) in [7, 11) is 0. The molecule has 4 fully saturated rings. The Kier molecular flexibility index (Phi) is 12.1. The smallest absolute Gasteiger partial charge is 0.340 e. The van der Waals surface area contributed by atoms with Gasteiger partial charge in [0.2, 0.25) is 0 Å². The summed E-state index contributed by atoms with van der Waals surface area (Å²) in [6, 6.07) is 25.4. The zero-order valence-electron chi connectivity index (χ0n) is 36.9. The van der Waals surface area contributed by atoms with Crippen molar-refractivity contribution in [1.29, 1.82) is 0 Å². The van der Waals surface area contributed by atoms with E-state index >= 15 is 0 Å². The molecule has 8 heteroatoms. The van der Waals surface area contributed by atoms with Crippen molar-refractivity contribution in [1.82, 2.24) is 10.6 Å². The van der Waals surface area contributed by atoms with Crippen LogP contribution in [0.1, 0.15) is 107 Å². The minimum atomic E-state index is -0.858. The van der Waals surface area contributed by atoms with Gasteiger partial charge in [-0.15, -0.1) is 0 Å². The Balaban J connectivity index is 1.09. The van der Waals surface area contributed by atoms with Crippen LogP contribution in [0.3, 0.4) is 0 Å². The summed E-state index contributed by atoms with van der Waals surface area (Å²) in [5.41, 5.74) is 7.83. The van der Waals surface area contributed by atoms with E-state index in [0.717, 1.165) is 91.6 Å². The number of phenolic OH excluding ortho intramolecular Hbond substituents is 1. The molecule has 11 rings (SSSR count). The Morgan fingerprint density at radius 3 is 2.46 bits per heavy atom. The number of ether oxygens (including phenoxy) is 2. The Bertz CT molecular complexity index is 2350. The first-order valence-corrected chi connectivity index (χ1v) is 24.2. The molecule has 5 aliphatic carbocycles. The SMILES string of the molecule is CCC(C=C1OC(=O)C2=C(c3cc(O)ccc3-c3cccc(CNC4CCCCC4)c3)C3CCC12C1C2=C(CCC31)C(=CCC(CO)C1CCNCC1)OC2=O)Cc1ccccc1. The molecule has 2 saturated carbocycles. The normalized spacial score (nSPS) is 28.3. The molecule has 8 nitrogen and oxygen atoms in total. The van der Waals surface area contributed by atoms with Crippen LogP contribution in [0.15, 0.2) is 113 Å². The molecule has 2 bridgehead atoms. The van der Waals surface area contributed by atoms with E-state index in [0.29, 0.717) is 48.3 Å². The van der Waals surface area contributed by atoms with Crippen molar-refractivity contribution >= 4 is 17.5 Å². The van der Waals surface area contributed by atoms with Crippen LogP contribution in [0.25, 0.3) is 16.7 Å². The third-order valence-electron chi connectivity index (χ3n) is 16.2. The van der Waals surface area contributed by atoms with E-state index in [9.17, 15) is 19.8 Å². The van der Waals surface area contributed by atoms with Gasteiger partial charge >= 0.3 is 11.9 Å². The summed E-state index contributed by atoms with van der Waals surface area (Å²) >= 11 is 0. The number of carbonyl (C=O) groups excluding carboxylic acids is 2. The molecule has 0 aromatic heterocycles. The summed E-state index contributed by atoms with van der Waals surface area (Å²) in [5, 5.41) is 29.0. The lowest BCUT2D eigenvalue weighted by Gasteiger charge is -2.56. The maximum atomic E-state index is 14.9. The molecule has 0 amide bonds. The maximum absolute atomic E-state index is 14.9. The number of fused-ring (bicyclic) bond motifs is 1. The number of aromatic hydroxyl groups is 1. The highest BCUT2D eigenvalue weighted by Gasteiger charge is 2.68. The molecular formula is C55H64N2O6. The first-order valence-electron chi connectivity index (χ1n) is 24.2. The summed E-state index contributed by atoms with van der Waals surface area (Å²) in [6.45, 7) is 5.01. The molecule has 4 N–H and O–H groups in total. The van der Waals surface area contributed by atoms with Crippen molar-refractivity contribution in [2.75, 3.05) is 19.7 Å². The fourth-order valence-corrected chi connectivity index (χ4v) is 13.1. The predicted molar refractivity (Wildman–Crippen MR) is 246 cm³/mol. The fourth-order valence-electron chi connectivity index (χ4n) is 13.1. The first-order chi connectivity index (χ1) is 30.9. The highest BCUT2D eigenvalue weighted by Crippen LogP contribution is 2.72. The Morgan fingerprint density at radius 1 is 0.857 bits per heavy atom. The number of aliphatic hydroxyl groups is 1. The van der Waals surface area contributed by atoms with Crippen LogP contribution in [-0.4, -0.2) is 47.9 Å². The topological polar surface area (TPSA) is 117 Å². The molecule has 6 atom stereocenters. The quantitative estimate of drug-likeness (QED) is 0.126. The summed E-state index contributed by atoms with van der Waals surface area (Å²) in [6.07, 6.45) is 18.1. The van der Waals surface area contributed by atoms with Gasteiger partial charge in [0.05, 0.1) is 11.0 Å². The molecule has 3 aliphatic heterocycles. The largest absolute Gasteiger partial charge is 0.508 e. The number of aliphatic hydroxyl groups excluding tert-OH is 1. The lowest BCUT2D eigenvalue weighted by molar-refractivity contribution is -0.135. The monoisotopic (exact) mass is 848 g/mol. The molecule has 63 heavy (non-hydrogen) atoms. The third-order valence-corrected chi connectivity index (χ3v) is 16.2. The van der Waals surface area contributed by atoms with Crippen molar-refractivity contribution in [2.24, 2.45) is 40.9 Å². The maximum Gasteiger partial charge on any atom is 0.340 e. The van der Waals surface area contributed by atoms with Crippen LogP contribution in [0.2, 0.25) is 0 Å². The number of benzene rings is 3. The lowest BCUT2D eigenvalue weighted by Crippen LogP contribution is -2.52. The Hall–Kier alpha value is -4.76. The highest BCUT2D eigenvalue weighted by molar-refractivity contribution is 6.07. The van der Waals surface area contributed by atoms with E-state index in [1.54, 1.807) is 6.07 Å². The molecule has 2 saturated heterocycles. The van der Waals surface area contributed by atoms with Crippen molar-refractivity contribution in [3.8, 4) is 16.9 Å². The third kappa shape index (κ3) is 7.84. The number of cyclic esters (lactones) is 2. The number of phenols is 1. The second-order valence-electron chi connectivity index (χ2n) is 19.6. The number of piperidine rings is 1. The first kappa shape index (κ1) is 42.2. The number of esters is 2. The van der Waals surface area contributed by atoms with Crippen LogP contribution in [0.5, 0.6) is 5.75 Å². The van der Waals surface area contributed by atoms with Gasteiger partial charge in [0.1, 0.15) is 17.3 Å². The van der Waals surface area contributed by atoms with E-state index in [1.165, 1.54) is 43.2 Å². The molecular weight excluding hydrogens is 785 g/mol. The second kappa shape index (κ2) is 18.0. The molecule has 3 heterocycles. The van der Waals surface area contributed by atoms with Crippen LogP contribution in [-0.2, 0) is 32.0 Å².